The maximum Gasteiger partial charge on any atom is 0.265 e. The van der Waals surface area contributed by atoms with Gasteiger partial charge in [-0.05, 0) is 6.92 Å². The van der Waals surface area contributed by atoms with Crippen molar-refractivity contribution < 1.29 is 4.79 Å². The highest BCUT2D eigenvalue weighted by atomic mass is 32.1. The van der Waals surface area contributed by atoms with Gasteiger partial charge in [0.15, 0.2) is 0 Å². The van der Waals surface area contributed by atoms with Gasteiger partial charge in [-0.25, -0.2) is 0 Å². The molecular weight excluding hydrogens is 242 g/mol. The van der Waals surface area contributed by atoms with Gasteiger partial charge in [-0.3, -0.25) is 9.78 Å². The molecule has 0 aliphatic carbocycles. The second-order valence-corrected chi connectivity index (χ2v) is 4.87. The maximum absolute atomic E-state index is 12.0. The largest absolute Gasteiger partial charge is 0.393 e. The molecule has 6 heteroatoms. The zero-order valence-corrected chi connectivity index (χ0v) is 11.0. The molecule has 1 atom stereocenters. The number of amides is 1. The molecule has 0 radical (unpaired) electrons. The van der Waals surface area contributed by atoms with Gasteiger partial charge in [-0.2, -0.15) is 0 Å². The van der Waals surface area contributed by atoms with Crippen molar-refractivity contribution in [3.63, 3.8) is 0 Å². The first-order chi connectivity index (χ1) is 7.56. The lowest BCUT2D eigenvalue weighted by atomic mass is 10.1. The Morgan fingerprint density at radius 2 is 2.44 bits per heavy atom. The summed E-state index contributed by atoms with van der Waals surface area (Å²) in [4.78, 5) is 18.7. The number of hydrogen-bond acceptors (Lipinski definition) is 4. The lowest BCUT2D eigenvalue weighted by Gasteiger charge is -2.23. The molecule has 0 aromatic carbocycles. The van der Waals surface area contributed by atoms with E-state index in [2.05, 4.69) is 4.98 Å². The first-order valence-electron chi connectivity index (χ1n) is 5.03. The lowest BCUT2D eigenvalue weighted by Crippen LogP contribution is -2.37. The van der Waals surface area contributed by atoms with Gasteiger partial charge >= 0.3 is 0 Å². The molecule has 0 spiro atoms. The summed E-state index contributed by atoms with van der Waals surface area (Å²) >= 11 is 6.24. The second-order valence-electron chi connectivity index (χ2n) is 3.51. The average Bonchev–Trinajstić information content (AvgIpc) is 2.77. The smallest absolute Gasteiger partial charge is 0.265 e. The van der Waals surface area contributed by atoms with Crippen LogP contribution in [0.2, 0.25) is 0 Å². The van der Waals surface area contributed by atoms with Crippen LogP contribution in [-0.4, -0.2) is 33.9 Å². The molecule has 1 heterocycles. The molecule has 0 saturated heterocycles. The quantitative estimate of drug-likeness (QED) is 0.813. The second kappa shape index (κ2) is 5.91. The van der Waals surface area contributed by atoms with E-state index < -0.39 is 0 Å². The highest BCUT2D eigenvalue weighted by Crippen LogP contribution is 2.11. The summed E-state index contributed by atoms with van der Waals surface area (Å²) in [6.45, 7) is 5.06. The van der Waals surface area contributed by atoms with Crippen LogP contribution < -0.4 is 5.73 Å². The summed E-state index contributed by atoms with van der Waals surface area (Å²) in [5, 5.41) is 0. The van der Waals surface area contributed by atoms with Crippen molar-refractivity contribution in [3.8, 4) is 0 Å². The average molecular weight is 257 g/mol. The van der Waals surface area contributed by atoms with Gasteiger partial charge in [0, 0.05) is 19.0 Å². The number of carbonyl (C=O) groups is 1. The zero-order valence-electron chi connectivity index (χ0n) is 9.34. The fourth-order valence-corrected chi connectivity index (χ4v) is 1.91. The molecule has 1 unspecified atom stereocenters. The van der Waals surface area contributed by atoms with Crippen LogP contribution in [0.15, 0.2) is 11.7 Å². The molecule has 2 N–H and O–H groups in total. The fraction of sp³-hybridized carbons (Fsp3) is 0.500. The normalized spacial score (nSPS) is 12.1. The molecule has 1 rings (SSSR count). The Morgan fingerprint density at radius 1 is 1.75 bits per heavy atom. The summed E-state index contributed by atoms with van der Waals surface area (Å²) < 4.78 is 0. The van der Waals surface area contributed by atoms with Gasteiger partial charge in [-0.15, -0.1) is 11.3 Å². The summed E-state index contributed by atoms with van der Waals surface area (Å²) in [5.74, 6) is 0.0277. The Bertz CT molecular complexity index is 364. The van der Waals surface area contributed by atoms with Gasteiger partial charge in [0.1, 0.15) is 4.88 Å². The molecule has 1 aromatic rings. The van der Waals surface area contributed by atoms with Crippen LogP contribution >= 0.6 is 23.6 Å². The highest BCUT2D eigenvalue weighted by Gasteiger charge is 2.18. The van der Waals surface area contributed by atoms with E-state index in [-0.39, 0.29) is 11.8 Å². The van der Waals surface area contributed by atoms with Gasteiger partial charge in [-0.1, -0.05) is 19.1 Å². The molecule has 0 saturated carbocycles. The summed E-state index contributed by atoms with van der Waals surface area (Å²) in [7, 11) is 0. The number of thiocarbonyl (C=S) groups is 1. The minimum atomic E-state index is -0.00639. The molecule has 4 nitrogen and oxygen atoms in total. The van der Waals surface area contributed by atoms with Crippen molar-refractivity contribution >= 4 is 34.5 Å². The van der Waals surface area contributed by atoms with Crippen LogP contribution in [0.1, 0.15) is 23.5 Å². The van der Waals surface area contributed by atoms with E-state index in [4.69, 9.17) is 18.0 Å². The molecule has 0 fully saturated rings. The van der Waals surface area contributed by atoms with E-state index >= 15 is 0 Å². The predicted molar refractivity (Wildman–Crippen MR) is 69.6 cm³/mol. The van der Waals surface area contributed by atoms with E-state index in [0.29, 0.717) is 23.0 Å². The van der Waals surface area contributed by atoms with Crippen molar-refractivity contribution in [1.29, 1.82) is 0 Å². The summed E-state index contributed by atoms with van der Waals surface area (Å²) in [6, 6.07) is 0. The maximum atomic E-state index is 12.0. The third kappa shape index (κ3) is 3.24. The van der Waals surface area contributed by atoms with Gasteiger partial charge in [0.2, 0.25) is 0 Å². The van der Waals surface area contributed by atoms with Crippen molar-refractivity contribution in [2.24, 2.45) is 11.7 Å². The monoisotopic (exact) mass is 257 g/mol. The molecular formula is C10H15N3OS2. The Morgan fingerprint density at radius 3 is 2.88 bits per heavy atom. The third-order valence-corrected chi connectivity index (χ3v) is 3.46. The third-order valence-electron chi connectivity index (χ3n) is 2.29. The van der Waals surface area contributed by atoms with Crippen LogP contribution in [0.4, 0.5) is 0 Å². The highest BCUT2D eigenvalue weighted by molar-refractivity contribution is 7.80. The Hall–Kier alpha value is -1.01. The minimum Gasteiger partial charge on any atom is -0.393 e. The fourth-order valence-electron chi connectivity index (χ4n) is 1.25. The van der Waals surface area contributed by atoms with E-state index in [1.165, 1.54) is 11.3 Å². The van der Waals surface area contributed by atoms with Gasteiger partial charge in [0.25, 0.3) is 5.91 Å². The van der Waals surface area contributed by atoms with Crippen molar-refractivity contribution in [2.45, 2.75) is 13.8 Å². The molecule has 0 bridgehead atoms. The van der Waals surface area contributed by atoms with E-state index in [1.54, 1.807) is 16.6 Å². The van der Waals surface area contributed by atoms with Crippen molar-refractivity contribution in [3.05, 3.63) is 16.6 Å². The molecule has 1 amide bonds. The van der Waals surface area contributed by atoms with Crippen LogP contribution in [0.5, 0.6) is 0 Å². The van der Waals surface area contributed by atoms with Crippen molar-refractivity contribution in [1.82, 2.24) is 9.88 Å². The topological polar surface area (TPSA) is 59.2 Å². The number of carbonyl (C=O) groups excluding carboxylic acids is 1. The molecule has 1 aromatic heterocycles. The number of nitrogens with zero attached hydrogens (tertiary/aromatic N) is 2. The molecule has 0 aliphatic rings. The van der Waals surface area contributed by atoms with Gasteiger partial charge in [0.05, 0.1) is 16.7 Å². The Labute approximate surface area is 104 Å². The summed E-state index contributed by atoms with van der Waals surface area (Å²) in [6.07, 6.45) is 1.58. The Kier molecular flexibility index (Phi) is 4.82. The number of nitrogens with two attached hydrogens (primary N) is 1. The standard InChI is InChI=1S/C10H15N3OS2/c1-3-13(5-7(2)9(11)15)10(14)8-4-12-6-16-8/h4,6-7H,3,5H2,1-2H3,(H2,11,15). The van der Waals surface area contributed by atoms with Crippen LogP contribution in [-0.2, 0) is 0 Å². The molecule has 0 aliphatic heterocycles. The number of thiazole rings is 1. The predicted octanol–water partition coefficient (Wildman–Crippen LogP) is 1.53. The van der Waals surface area contributed by atoms with Crippen LogP contribution in [0.3, 0.4) is 0 Å². The molecule has 16 heavy (non-hydrogen) atoms. The summed E-state index contributed by atoms with van der Waals surface area (Å²) in [5.41, 5.74) is 7.19. The first kappa shape index (κ1) is 13.1. The van der Waals surface area contributed by atoms with E-state index in [1.807, 2.05) is 13.8 Å². The number of hydrogen-bond donors (Lipinski definition) is 1. The Balaban J connectivity index is 2.68. The zero-order chi connectivity index (χ0) is 12.1. The lowest BCUT2D eigenvalue weighted by molar-refractivity contribution is 0.0759. The van der Waals surface area contributed by atoms with Crippen LogP contribution in [0, 0.1) is 5.92 Å². The van der Waals surface area contributed by atoms with Gasteiger partial charge < -0.3 is 10.6 Å². The van der Waals surface area contributed by atoms with E-state index in [0.717, 1.165) is 0 Å². The van der Waals surface area contributed by atoms with E-state index in [9.17, 15) is 4.79 Å². The SMILES string of the molecule is CCN(CC(C)C(N)=S)C(=O)c1cncs1. The minimum absolute atomic E-state index is 0.00639. The van der Waals surface area contributed by atoms with Crippen LogP contribution in [0.25, 0.3) is 0 Å². The van der Waals surface area contributed by atoms with Crippen molar-refractivity contribution in [2.75, 3.05) is 13.1 Å². The first-order valence-corrected chi connectivity index (χ1v) is 6.32. The number of rotatable bonds is 5. The number of aromatic nitrogens is 1. The molecule has 88 valence electrons.